The Bertz CT molecular complexity index is 410. The van der Waals surface area contributed by atoms with E-state index in [9.17, 15) is 13.6 Å². The van der Waals surface area contributed by atoms with Gasteiger partial charge in [-0.2, -0.15) is 0 Å². The number of hydrogen-bond donors (Lipinski definition) is 1. The monoisotopic (exact) mass is 241 g/mol. The van der Waals surface area contributed by atoms with Crippen LogP contribution >= 0.6 is 0 Å². The Labute approximate surface area is 100 Å². The molecule has 1 aromatic rings. The van der Waals surface area contributed by atoms with Gasteiger partial charge in [-0.3, -0.25) is 4.79 Å². The second-order valence-corrected chi connectivity index (χ2v) is 5.23. The van der Waals surface area contributed by atoms with Crippen LogP contribution in [-0.4, -0.2) is 5.91 Å². The summed E-state index contributed by atoms with van der Waals surface area (Å²) in [7, 11) is 0. The van der Waals surface area contributed by atoms with Crippen molar-refractivity contribution in [3.63, 3.8) is 0 Å². The van der Waals surface area contributed by atoms with Crippen LogP contribution < -0.4 is 5.32 Å². The maximum absolute atomic E-state index is 13.2. The van der Waals surface area contributed by atoms with E-state index in [-0.39, 0.29) is 17.0 Å². The van der Waals surface area contributed by atoms with Crippen LogP contribution in [0.5, 0.6) is 0 Å². The molecule has 1 amide bonds. The van der Waals surface area contributed by atoms with Crippen LogP contribution in [0.4, 0.5) is 14.5 Å². The second-order valence-electron chi connectivity index (χ2n) is 5.23. The minimum Gasteiger partial charge on any atom is -0.324 e. The van der Waals surface area contributed by atoms with E-state index in [0.29, 0.717) is 12.8 Å². The van der Waals surface area contributed by atoms with Crippen LogP contribution in [-0.2, 0) is 4.79 Å². The molecule has 0 fully saturated rings. The topological polar surface area (TPSA) is 29.1 Å². The maximum atomic E-state index is 13.2. The lowest BCUT2D eigenvalue weighted by molar-refractivity contribution is -0.116. The molecule has 0 atom stereocenters. The standard InChI is InChI=1S/C13H17F2NO/c1-13(2,3)7-6-12(17)16-11-8-9(14)4-5-10(11)15/h4-5,8H,6-7H2,1-3H3,(H,16,17). The molecule has 0 spiro atoms. The number of anilines is 1. The Hall–Kier alpha value is -1.45. The molecule has 1 rings (SSSR count). The van der Waals surface area contributed by atoms with Crippen LogP contribution in [0.3, 0.4) is 0 Å². The molecular formula is C13H17F2NO. The molecule has 0 aromatic heterocycles. The van der Waals surface area contributed by atoms with E-state index in [2.05, 4.69) is 5.32 Å². The lowest BCUT2D eigenvalue weighted by Gasteiger charge is -2.17. The van der Waals surface area contributed by atoms with Gasteiger partial charge in [0.15, 0.2) is 0 Å². The summed E-state index contributed by atoms with van der Waals surface area (Å²) in [6.07, 6.45) is 0.981. The molecular weight excluding hydrogens is 224 g/mol. The van der Waals surface area contributed by atoms with Gasteiger partial charge in [0.2, 0.25) is 5.91 Å². The molecule has 0 aliphatic carbocycles. The Balaban J connectivity index is 2.59. The first-order valence-corrected chi connectivity index (χ1v) is 5.53. The van der Waals surface area contributed by atoms with Crippen molar-refractivity contribution in [2.75, 3.05) is 5.32 Å². The Morgan fingerprint density at radius 1 is 1.29 bits per heavy atom. The highest BCUT2D eigenvalue weighted by atomic mass is 19.1. The molecule has 0 unspecified atom stereocenters. The number of halogens is 2. The van der Waals surface area contributed by atoms with Crippen molar-refractivity contribution in [1.82, 2.24) is 0 Å². The number of carbonyl (C=O) groups is 1. The van der Waals surface area contributed by atoms with E-state index >= 15 is 0 Å². The van der Waals surface area contributed by atoms with E-state index < -0.39 is 11.6 Å². The summed E-state index contributed by atoms with van der Waals surface area (Å²) < 4.78 is 26.1. The number of benzene rings is 1. The van der Waals surface area contributed by atoms with Gasteiger partial charge in [-0.05, 0) is 24.0 Å². The third-order valence-electron chi connectivity index (χ3n) is 2.30. The zero-order valence-electron chi connectivity index (χ0n) is 10.3. The lowest BCUT2D eigenvalue weighted by Crippen LogP contribution is -2.16. The van der Waals surface area contributed by atoms with Crippen LogP contribution in [0.2, 0.25) is 0 Å². The van der Waals surface area contributed by atoms with Gasteiger partial charge in [-0.15, -0.1) is 0 Å². The Morgan fingerprint density at radius 3 is 2.53 bits per heavy atom. The first kappa shape index (κ1) is 13.6. The summed E-state index contributed by atoms with van der Waals surface area (Å²) >= 11 is 0. The molecule has 4 heteroatoms. The molecule has 1 N–H and O–H groups in total. The summed E-state index contributed by atoms with van der Waals surface area (Å²) in [6.45, 7) is 6.05. The van der Waals surface area contributed by atoms with Gasteiger partial charge in [0.25, 0.3) is 0 Å². The summed E-state index contributed by atoms with van der Waals surface area (Å²) in [4.78, 5) is 11.5. The van der Waals surface area contributed by atoms with Gasteiger partial charge in [0.1, 0.15) is 11.6 Å². The average molecular weight is 241 g/mol. The molecule has 1 aromatic carbocycles. The van der Waals surface area contributed by atoms with Gasteiger partial charge in [0.05, 0.1) is 5.69 Å². The fourth-order valence-corrected chi connectivity index (χ4v) is 1.29. The summed E-state index contributed by atoms with van der Waals surface area (Å²) in [5.74, 6) is -1.50. The van der Waals surface area contributed by atoms with Gasteiger partial charge >= 0.3 is 0 Å². The van der Waals surface area contributed by atoms with Crippen molar-refractivity contribution in [1.29, 1.82) is 0 Å². The Morgan fingerprint density at radius 2 is 1.94 bits per heavy atom. The molecule has 0 saturated carbocycles. The smallest absolute Gasteiger partial charge is 0.224 e. The van der Waals surface area contributed by atoms with Gasteiger partial charge in [-0.25, -0.2) is 8.78 Å². The van der Waals surface area contributed by atoms with E-state index in [1.165, 1.54) is 0 Å². The number of carbonyl (C=O) groups excluding carboxylic acids is 1. The second kappa shape index (κ2) is 5.25. The van der Waals surface area contributed by atoms with E-state index in [1.807, 2.05) is 20.8 Å². The van der Waals surface area contributed by atoms with Crippen molar-refractivity contribution < 1.29 is 13.6 Å². The van der Waals surface area contributed by atoms with Crippen LogP contribution in [0, 0.1) is 17.0 Å². The molecule has 0 saturated heterocycles. The Kier molecular flexibility index (Phi) is 4.21. The number of amides is 1. The van der Waals surface area contributed by atoms with Crippen molar-refractivity contribution >= 4 is 11.6 Å². The molecule has 2 nitrogen and oxygen atoms in total. The zero-order chi connectivity index (χ0) is 13.1. The molecule has 0 radical (unpaired) electrons. The predicted molar refractivity (Wildman–Crippen MR) is 63.7 cm³/mol. The fraction of sp³-hybridized carbons (Fsp3) is 0.462. The maximum Gasteiger partial charge on any atom is 0.224 e. The van der Waals surface area contributed by atoms with Crippen LogP contribution in [0.15, 0.2) is 18.2 Å². The molecule has 17 heavy (non-hydrogen) atoms. The van der Waals surface area contributed by atoms with Gasteiger partial charge in [0, 0.05) is 12.5 Å². The molecule has 0 heterocycles. The van der Waals surface area contributed by atoms with Crippen LogP contribution in [0.25, 0.3) is 0 Å². The third kappa shape index (κ3) is 4.93. The highest BCUT2D eigenvalue weighted by Gasteiger charge is 2.14. The van der Waals surface area contributed by atoms with Crippen molar-refractivity contribution in [3.8, 4) is 0 Å². The lowest BCUT2D eigenvalue weighted by atomic mass is 9.90. The quantitative estimate of drug-likeness (QED) is 0.858. The summed E-state index contributed by atoms with van der Waals surface area (Å²) in [5, 5.41) is 2.37. The number of rotatable bonds is 3. The highest BCUT2D eigenvalue weighted by molar-refractivity contribution is 5.90. The van der Waals surface area contributed by atoms with Crippen molar-refractivity contribution in [2.45, 2.75) is 33.6 Å². The third-order valence-corrected chi connectivity index (χ3v) is 2.30. The van der Waals surface area contributed by atoms with Crippen molar-refractivity contribution in [2.24, 2.45) is 5.41 Å². The number of nitrogens with one attached hydrogen (secondary N) is 1. The SMILES string of the molecule is CC(C)(C)CCC(=O)Nc1cc(F)ccc1F. The number of hydrogen-bond acceptors (Lipinski definition) is 1. The minimum atomic E-state index is -0.629. The zero-order valence-corrected chi connectivity index (χ0v) is 10.3. The summed E-state index contributed by atoms with van der Waals surface area (Å²) in [6, 6.07) is 2.99. The largest absolute Gasteiger partial charge is 0.324 e. The average Bonchev–Trinajstić information content (AvgIpc) is 2.20. The van der Waals surface area contributed by atoms with Gasteiger partial charge < -0.3 is 5.32 Å². The molecule has 0 bridgehead atoms. The first-order valence-electron chi connectivity index (χ1n) is 5.53. The predicted octanol–water partition coefficient (Wildman–Crippen LogP) is 3.73. The van der Waals surface area contributed by atoms with E-state index in [0.717, 1.165) is 18.2 Å². The van der Waals surface area contributed by atoms with E-state index in [4.69, 9.17) is 0 Å². The van der Waals surface area contributed by atoms with E-state index in [1.54, 1.807) is 0 Å². The van der Waals surface area contributed by atoms with Gasteiger partial charge in [-0.1, -0.05) is 20.8 Å². The normalized spacial score (nSPS) is 11.4. The van der Waals surface area contributed by atoms with Crippen molar-refractivity contribution in [3.05, 3.63) is 29.8 Å². The highest BCUT2D eigenvalue weighted by Crippen LogP contribution is 2.21. The molecule has 94 valence electrons. The molecule has 0 aliphatic rings. The molecule has 0 aliphatic heterocycles. The summed E-state index contributed by atoms with van der Waals surface area (Å²) in [5.41, 5.74) is -0.0680. The first-order chi connectivity index (χ1) is 7.78. The minimum absolute atomic E-state index is 0.0395. The fourth-order valence-electron chi connectivity index (χ4n) is 1.29. The van der Waals surface area contributed by atoms with Crippen LogP contribution in [0.1, 0.15) is 33.6 Å².